The van der Waals surface area contributed by atoms with Crippen LogP contribution in [0.1, 0.15) is 48.0 Å². The van der Waals surface area contributed by atoms with Crippen LogP contribution in [0.4, 0.5) is 4.39 Å². The summed E-state index contributed by atoms with van der Waals surface area (Å²) in [7, 11) is 0. The van der Waals surface area contributed by atoms with Gasteiger partial charge in [0, 0.05) is 23.4 Å². The number of aryl methyl sites for hydroxylation is 1. The Morgan fingerprint density at radius 2 is 1.88 bits per heavy atom. The third-order valence-corrected chi connectivity index (χ3v) is 5.92. The Kier molecular flexibility index (Phi) is 3.59. The summed E-state index contributed by atoms with van der Waals surface area (Å²) in [6.45, 7) is 2.17. The second-order valence-corrected chi connectivity index (χ2v) is 7.27. The van der Waals surface area contributed by atoms with E-state index in [0.717, 1.165) is 37.0 Å². The lowest BCUT2D eigenvalue weighted by molar-refractivity contribution is 0.150. The van der Waals surface area contributed by atoms with Gasteiger partial charge < -0.3 is 4.52 Å². The van der Waals surface area contributed by atoms with Crippen LogP contribution in [-0.2, 0) is 6.42 Å². The van der Waals surface area contributed by atoms with Crippen LogP contribution >= 0.6 is 0 Å². The number of fused-ring (bicyclic) bond motifs is 2. The topological polar surface area (TPSA) is 29.3 Å². The predicted octanol–water partition coefficient (Wildman–Crippen LogP) is 4.83. The normalized spacial score (nSPS) is 21.7. The number of piperidine rings is 1. The van der Waals surface area contributed by atoms with Gasteiger partial charge in [-0.05, 0) is 62.0 Å². The zero-order chi connectivity index (χ0) is 16.8. The highest BCUT2D eigenvalue weighted by Gasteiger charge is 2.32. The molecule has 0 saturated carbocycles. The molecule has 0 bridgehead atoms. The van der Waals surface area contributed by atoms with Gasteiger partial charge in [0.2, 0.25) is 0 Å². The summed E-state index contributed by atoms with van der Waals surface area (Å²) in [6, 6.07) is 14.2. The molecular formula is C21H21FN2O. The number of hydrogen-bond acceptors (Lipinski definition) is 3. The van der Waals surface area contributed by atoms with E-state index in [4.69, 9.17) is 4.52 Å². The lowest BCUT2D eigenvalue weighted by Gasteiger charge is -2.36. The van der Waals surface area contributed by atoms with Gasteiger partial charge in [-0.15, -0.1) is 0 Å². The molecule has 2 heterocycles. The molecule has 0 N–H and O–H groups in total. The predicted molar refractivity (Wildman–Crippen MR) is 95.0 cm³/mol. The Labute approximate surface area is 146 Å². The molecule has 0 spiro atoms. The minimum Gasteiger partial charge on any atom is -0.356 e. The number of halogens is 1. The average molecular weight is 336 g/mol. The van der Waals surface area contributed by atoms with Crippen molar-refractivity contribution in [2.45, 2.75) is 37.6 Å². The van der Waals surface area contributed by atoms with Crippen LogP contribution in [0.15, 0.2) is 47.0 Å². The highest BCUT2D eigenvalue weighted by atomic mass is 19.1. The number of aromatic nitrogens is 1. The van der Waals surface area contributed by atoms with E-state index in [1.54, 1.807) is 6.07 Å². The third-order valence-electron chi connectivity index (χ3n) is 5.92. The van der Waals surface area contributed by atoms with Gasteiger partial charge in [0.25, 0.3) is 0 Å². The molecule has 128 valence electrons. The minimum atomic E-state index is -0.273. The summed E-state index contributed by atoms with van der Waals surface area (Å²) in [6.07, 6.45) is 4.59. The fraction of sp³-hybridized carbons (Fsp3) is 0.381. The van der Waals surface area contributed by atoms with Crippen LogP contribution in [0.25, 0.3) is 11.0 Å². The average Bonchev–Trinajstić information content (AvgIpc) is 3.25. The van der Waals surface area contributed by atoms with Gasteiger partial charge in [-0.1, -0.05) is 29.4 Å². The quantitative estimate of drug-likeness (QED) is 0.671. The number of rotatable bonds is 2. The smallest absolute Gasteiger partial charge is 0.170 e. The van der Waals surface area contributed by atoms with Crippen molar-refractivity contribution >= 4 is 11.0 Å². The van der Waals surface area contributed by atoms with Crippen molar-refractivity contribution in [2.24, 2.45) is 0 Å². The van der Waals surface area contributed by atoms with E-state index >= 15 is 0 Å². The highest BCUT2D eigenvalue weighted by Crippen LogP contribution is 2.40. The van der Waals surface area contributed by atoms with Gasteiger partial charge >= 0.3 is 0 Å². The molecule has 1 atom stereocenters. The van der Waals surface area contributed by atoms with Crippen LogP contribution in [0.3, 0.4) is 0 Å². The molecule has 0 amide bonds. The van der Waals surface area contributed by atoms with E-state index in [1.165, 1.54) is 36.1 Å². The van der Waals surface area contributed by atoms with Gasteiger partial charge in [0.05, 0.1) is 5.69 Å². The maximum Gasteiger partial charge on any atom is 0.170 e. The number of hydrogen-bond donors (Lipinski definition) is 0. The van der Waals surface area contributed by atoms with E-state index in [2.05, 4.69) is 34.3 Å². The van der Waals surface area contributed by atoms with E-state index in [1.807, 2.05) is 0 Å². The summed E-state index contributed by atoms with van der Waals surface area (Å²) in [5.74, 6) is 0.129. The largest absolute Gasteiger partial charge is 0.356 e. The van der Waals surface area contributed by atoms with Crippen molar-refractivity contribution in [3.63, 3.8) is 0 Å². The lowest BCUT2D eigenvalue weighted by Crippen LogP contribution is -2.35. The van der Waals surface area contributed by atoms with Gasteiger partial charge in [-0.3, -0.25) is 4.90 Å². The summed E-state index contributed by atoms with van der Waals surface area (Å²) in [5, 5.41) is 5.22. The van der Waals surface area contributed by atoms with Gasteiger partial charge in [0.1, 0.15) is 5.82 Å². The first-order valence-electron chi connectivity index (χ1n) is 9.16. The SMILES string of the molecule is Fc1ccc2c(C3CCN(C4CCc5ccccc54)CC3)noc2c1. The van der Waals surface area contributed by atoms with Crippen molar-refractivity contribution in [3.8, 4) is 0 Å². The van der Waals surface area contributed by atoms with Crippen molar-refractivity contribution in [2.75, 3.05) is 13.1 Å². The van der Waals surface area contributed by atoms with Crippen molar-refractivity contribution in [3.05, 3.63) is 65.1 Å². The van der Waals surface area contributed by atoms with Crippen molar-refractivity contribution in [1.82, 2.24) is 10.1 Å². The second kappa shape index (κ2) is 5.95. The number of benzene rings is 2. The summed E-state index contributed by atoms with van der Waals surface area (Å²) < 4.78 is 18.7. The van der Waals surface area contributed by atoms with Crippen LogP contribution in [0, 0.1) is 5.82 Å². The molecule has 0 radical (unpaired) electrons. The Bertz CT molecular complexity index is 911. The molecule has 1 aromatic heterocycles. The monoisotopic (exact) mass is 336 g/mol. The molecule has 1 saturated heterocycles. The number of nitrogens with zero attached hydrogens (tertiary/aromatic N) is 2. The van der Waals surface area contributed by atoms with Gasteiger partial charge in [0.15, 0.2) is 5.58 Å². The molecule has 4 heteroatoms. The molecule has 3 aromatic rings. The summed E-state index contributed by atoms with van der Waals surface area (Å²) in [4.78, 5) is 2.63. The van der Waals surface area contributed by atoms with E-state index in [9.17, 15) is 4.39 Å². The van der Waals surface area contributed by atoms with Crippen molar-refractivity contribution < 1.29 is 8.91 Å². The molecule has 1 aliphatic carbocycles. The Morgan fingerprint density at radius 1 is 1.04 bits per heavy atom. The summed E-state index contributed by atoms with van der Waals surface area (Å²) >= 11 is 0. The Balaban J connectivity index is 1.33. The molecule has 1 aliphatic heterocycles. The van der Waals surface area contributed by atoms with Crippen LogP contribution in [-0.4, -0.2) is 23.1 Å². The third kappa shape index (κ3) is 2.56. The van der Waals surface area contributed by atoms with Gasteiger partial charge in [-0.2, -0.15) is 0 Å². The lowest BCUT2D eigenvalue weighted by atomic mass is 9.90. The van der Waals surface area contributed by atoms with E-state index in [-0.39, 0.29) is 5.82 Å². The van der Waals surface area contributed by atoms with Crippen LogP contribution in [0.2, 0.25) is 0 Å². The maximum atomic E-state index is 13.3. The fourth-order valence-corrected chi connectivity index (χ4v) is 4.62. The maximum absolute atomic E-state index is 13.3. The number of likely N-dealkylation sites (tertiary alicyclic amines) is 1. The molecule has 2 aromatic carbocycles. The molecule has 1 fully saturated rings. The standard InChI is InChI=1S/C21H21FN2O/c22-16-6-7-18-20(13-16)25-23-21(18)15-9-11-24(12-10-15)19-8-5-14-3-1-2-4-17(14)19/h1-4,6-7,13,15,19H,5,8-12H2. The molecule has 3 nitrogen and oxygen atoms in total. The fourth-order valence-electron chi connectivity index (χ4n) is 4.62. The minimum absolute atomic E-state index is 0.273. The summed E-state index contributed by atoms with van der Waals surface area (Å²) in [5.41, 5.74) is 4.59. The van der Waals surface area contributed by atoms with E-state index < -0.39 is 0 Å². The zero-order valence-corrected chi connectivity index (χ0v) is 14.1. The highest BCUT2D eigenvalue weighted by molar-refractivity contribution is 5.79. The van der Waals surface area contributed by atoms with Crippen molar-refractivity contribution in [1.29, 1.82) is 0 Å². The van der Waals surface area contributed by atoms with Gasteiger partial charge in [-0.25, -0.2) is 4.39 Å². The Hall–Kier alpha value is -2.20. The Morgan fingerprint density at radius 3 is 2.76 bits per heavy atom. The first-order chi connectivity index (χ1) is 12.3. The first-order valence-corrected chi connectivity index (χ1v) is 9.16. The zero-order valence-electron chi connectivity index (χ0n) is 14.1. The van der Waals surface area contributed by atoms with Crippen LogP contribution in [0.5, 0.6) is 0 Å². The molecule has 25 heavy (non-hydrogen) atoms. The molecule has 1 unspecified atom stereocenters. The molecular weight excluding hydrogens is 315 g/mol. The molecule has 5 rings (SSSR count). The first kappa shape index (κ1) is 15.1. The van der Waals surface area contributed by atoms with Crippen LogP contribution < -0.4 is 0 Å². The molecule has 2 aliphatic rings. The van der Waals surface area contributed by atoms with E-state index in [0.29, 0.717) is 17.5 Å². The second-order valence-electron chi connectivity index (χ2n) is 7.27.